The highest BCUT2D eigenvalue weighted by atomic mass is 35.5. The number of methoxy groups -OCH3 is 1. The summed E-state index contributed by atoms with van der Waals surface area (Å²) >= 11 is 12.1. The van der Waals surface area contributed by atoms with Gasteiger partial charge < -0.3 is 14.8 Å². The molecule has 0 aliphatic carbocycles. The summed E-state index contributed by atoms with van der Waals surface area (Å²) in [5, 5.41) is 3.10. The first-order chi connectivity index (χ1) is 13.8. The lowest BCUT2D eigenvalue weighted by atomic mass is 10.2. The van der Waals surface area contributed by atoms with Gasteiger partial charge in [-0.15, -0.1) is 0 Å². The Kier molecular flexibility index (Phi) is 7.02. The summed E-state index contributed by atoms with van der Waals surface area (Å²) in [5.41, 5.74) is 0.481. The number of benzene rings is 2. The Morgan fingerprint density at radius 3 is 2.72 bits per heavy atom. The molecule has 2 aromatic carbocycles. The zero-order valence-corrected chi connectivity index (χ0v) is 17.9. The molecule has 1 aliphatic rings. The maximum absolute atomic E-state index is 12.7. The number of hydrogen-bond acceptors (Lipinski definition) is 5. The summed E-state index contributed by atoms with van der Waals surface area (Å²) in [7, 11) is -2.45. The zero-order valence-electron chi connectivity index (χ0n) is 15.6. The Morgan fingerprint density at radius 2 is 2.03 bits per heavy atom. The van der Waals surface area contributed by atoms with Gasteiger partial charge >= 0.3 is 0 Å². The average Bonchev–Trinajstić information content (AvgIpc) is 3.20. The van der Waals surface area contributed by atoms with Crippen LogP contribution in [0.25, 0.3) is 0 Å². The SMILES string of the molecule is COc1ccc(Cl)cc1NC(=O)c1ccc(Cl)c(S(=O)(=O)NCC2CCCO2)c1. The third-order valence-corrected chi connectivity index (χ3v) is 6.56. The van der Waals surface area contributed by atoms with E-state index in [1.165, 1.54) is 31.4 Å². The van der Waals surface area contributed by atoms with Crippen molar-refractivity contribution >= 4 is 44.8 Å². The van der Waals surface area contributed by atoms with Crippen LogP contribution in [-0.4, -0.2) is 40.7 Å². The van der Waals surface area contributed by atoms with E-state index in [2.05, 4.69) is 10.0 Å². The molecule has 7 nitrogen and oxygen atoms in total. The van der Waals surface area contributed by atoms with E-state index in [0.717, 1.165) is 12.8 Å². The minimum atomic E-state index is -3.91. The van der Waals surface area contributed by atoms with Gasteiger partial charge in [-0.1, -0.05) is 23.2 Å². The van der Waals surface area contributed by atoms with Gasteiger partial charge in [0.15, 0.2) is 0 Å². The molecular formula is C19H20Cl2N2O5S. The van der Waals surface area contributed by atoms with Gasteiger partial charge in [-0.05, 0) is 49.2 Å². The molecule has 1 heterocycles. The smallest absolute Gasteiger partial charge is 0.255 e. The standard InChI is InChI=1S/C19H20Cl2N2O5S/c1-27-17-7-5-13(20)10-16(17)23-19(24)12-4-6-15(21)18(9-12)29(25,26)22-11-14-3-2-8-28-14/h4-7,9-10,14,22H,2-3,8,11H2,1H3,(H,23,24). The van der Waals surface area contributed by atoms with Crippen LogP contribution in [0.3, 0.4) is 0 Å². The maximum atomic E-state index is 12.7. The molecule has 10 heteroatoms. The topological polar surface area (TPSA) is 93.7 Å². The number of hydrogen-bond donors (Lipinski definition) is 2. The van der Waals surface area contributed by atoms with Gasteiger partial charge in [0, 0.05) is 23.7 Å². The van der Waals surface area contributed by atoms with Crippen LogP contribution in [0.15, 0.2) is 41.3 Å². The Balaban J connectivity index is 1.80. The highest BCUT2D eigenvalue weighted by molar-refractivity contribution is 7.89. The highest BCUT2D eigenvalue weighted by Crippen LogP contribution is 2.29. The van der Waals surface area contributed by atoms with Gasteiger partial charge in [0.25, 0.3) is 5.91 Å². The third-order valence-electron chi connectivity index (χ3n) is 4.42. The second-order valence-corrected chi connectivity index (χ2v) is 9.01. The molecule has 1 saturated heterocycles. The summed E-state index contributed by atoms with van der Waals surface area (Å²) < 4.78 is 38.5. The number of carbonyl (C=O) groups excluding carboxylic acids is 1. The number of ether oxygens (including phenoxy) is 2. The Bertz CT molecular complexity index is 1010. The lowest BCUT2D eigenvalue weighted by molar-refractivity contribution is 0.102. The Hall–Kier alpha value is -1.84. The molecule has 3 rings (SSSR count). The summed E-state index contributed by atoms with van der Waals surface area (Å²) in [5.74, 6) is -0.111. The minimum absolute atomic E-state index is 0.0155. The summed E-state index contributed by atoms with van der Waals surface area (Å²) in [4.78, 5) is 12.5. The summed E-state index contributed by atoms with van der Waals surface area (Å²) in [6.07, 6.45) is 1.53. The van der Waals surface area contributed by atoms with Crippen molar-refractivity contribution in [2.45, 2.75) is 23.8 Å². The van der Waals surface area contributed by atoms with Gasteiger partial charge in [0.1, 0.15) is 10.6 Å². The number of sulfonamides is 1. The van der Waals surface area contributed by atoms with E-state index in [4.69, 9.17) is 32.7 Å². The largest absolute Gasteiger partial charge is 0.495 e. The number of anilines is 1. The fraction of sp³-hybridized carbons (Fsp3) is 0.316. The van der Waals surface area contributed by atoms with E-state index in [1.54, 1.807) is 12.1 Å². The molecular weight excluding hydrogens is 439 g/mol. The van der Waals surface area contributed by atoms with E-state index < -0.39 is 15.9 Å². The third kappa shape index (κ3) is 5.40. The second-order valence-electron chi connectivity index (χ2n) is 6.43. The van der Waals surface area contributed by atoms with Crippen molar-refractivity contribution in [1.82, 2.24) is 4.72 Å². The molecule has 2 N–H and O–H groups in total. The van der Waals surface area contributed by atoms with Crippen LogP contribution in [-0.2, 0) is 14.8 Å². The molecule has 0 saturated carbocycles. The van der Waals surface area contributed by atoms with E-state index >= 15 is 0 Å². The van der Waals surface area contributed by atoms with E-state index in [0.29, 0.717) is 23.1 Å². The molecule has 1 fully saturated rings. The monoisotopic (exact) mass is 458 g/mol. The number of amides is 1. The molecule has 0 aromatic heterocycles. The molecule has 1 atom stereocenters. The predicted octanol–water partition coefficient (Wildman–Crippen LogP) is 3.71. The number of carbonyl (C=O) groups is 1. The van der Waals surface area contributed by atoms with Crippen LogP contribution in [0.1, 0.15) is 23.2 Å². The van der Waals surface area contributed by atoms with Crippen LogP contribution in [0.5, 0.6) is 5.75 Å². The molecule has 29 heavy (non-hydrogen) atoms. The molecule has 156 valence electrons. The predicted molar refractivity (Wildman–Crippen MR) is 112 cm³/mol. The Morgan fingerprint density at radius 1 is 1.24 bits per heavy atom. The quantitative estimate of drug-likeness (QED) is 0.659. The molecule has 0 bridgehead atoms. The van der Waals surface area contributed by atoms with Crippen LogP contribution in [0.2, 0.25) is 10.0 Å². The van der Waals surface area contributed by atoms with Crippen molar-refractivity contribution in [3.8, 4) is 5.75 Å². The van der Waals surface area contributed by atoms with Crippen LogP contribution in [0, 0.1) is 0 Å². The van der Waals surface area contributed by atoms with Crippen molar-refractivity contribution in [1.29, 1.82) is 0 Å². The van der Waals surface area contributed by atoms with Crippen molar-refractivity contribution in [3.63, 3.8) is 0 Å². The average molecular weight is 459 g/mol. The van der Waals surface area contributed by atoms with Crippen LogP contribution >= 0.6 is 23.2 Å². The number of halogens is 2. The van der Waals surface area contributed by atoms with Gasteiger partial charge in [0.2, 0.25) is 10.0 Å². The minimum Gasteiger partial charge on any atom is -0.495 e. The fourth-order valence-electron chi connectivity index (χ4n) is 2.91. The lowest BCUT2D eigenvalue weighted by Crippen LogP contribution is -2.32. The van der Waals surface area contributed by atoms with Crippen LogP contribution in [0.4, 0.5) is 5.69 Å². The van der Waals surface area contributed by atoms with Crippen molar-refractivity contribution in [3.05, 3.63) is 52.0 Å². The first-order valence-electron chi connectivity index (χ1n) is 8.86. The molecule has 1 unspecified atom stereocenters. The normalized spacial score (nSPS) is 16.6. The van der Waals surface area contributed by atoms with Gasteiger partial charge in [0.05, 0.1) is 23.9 Å². The molecule has 1 amide bonds. The van der Waals surface area contributed by atoms with E-state index in [9.17, 15) is 13.2 Å². The number of rotatable bonds is 7. The highest BCUT2D eigenvalue weighted by Gasteiger charge is 2.23. The molecule has 2 aromatic rings. The Labute approximate surface area is 179 Å². The van der Waals surface area contributed by atoms with Crippen LogP contribution < -0.4 is 14.8 Å². The lowest BCUT2D eigenvalue weighted by Gasteiger charge is -2.14. The van der Waals surface area contributed by atoms with Gasteiger partial charge in [-0.3, -0.25) is 4.79 Å². The maximum Gasteiger partial charge on any atom is 0.255 e. The zero-order chi connectivity index (χ0) is 21.0. The van der Waals surface area contributed by atoms with Crippen molar-refractivity contribution in [2.24, 2.45) is 0 Å². The van der Waals surface area contributed by atoms with Gasteiger partial charge in [-0.2, -0.15) is 0 Å². The fourth-order valence-corrected chi connectivity index (χ4v) is 4.67. The van der Waals surface area contributed by atoms with Crippen molar-refractivity contribution in [2.75, 3.05) is 25.6 Å². The first-order valence-corrected chi connectivity index (χ1v) is 11.1. The molecule has 1 aliphatic heterocycles. The molecule has 0 radical (unpaired) electrons. The van der Waals surface area contributed by atoms with E-state index in [-0.39, 0.29) is 28.1 Å². The second kappa shape index (κ2) is 9.32. The summed E-state index contributed by atoms with van der Waals surface area (Å²) in [6, 6.07) is 8.81. The van der Waals surface area contributed by atoms with Crippen molar-refractivity contribution < 1.29 is 22.7 Å². The number of nitrogens with one attached hydrogen (secondary N) is 2. The van der Waals surface area contributed by atoms with Gasteiger partial charge in [-0.25, -0.2) is 13.1 Å². The first kappa shape index (κ1) is 21.9. The van der Waals surface area contributed by atoms with E-state index in [1.807, 2.05) is 0 Å². The summed E-state index contributed by atoms with van der Waals surface area (Å²) in [6.45, 7) is 0.768. The molecule has 0 spiro atoms.